The minimum absolute atomic E-state index is 0.0731. The van der Waals surface area contributed by atoms with Crippen LogP contribution in [0.5, 0.6) is 0 Å². The lowest BCUT2D eigenvalue weighted by atomic mass is 9.92. The lowest BCUT2D eigenvalue weighted by Crippen LogP contribution is -1.97. The summed E-state index contributed by atoms with van der Waals surface area (Å²) in [6.07, 6.45) is 0.579. The second-order valence-electron chi connectivity index (χ2n) is 3.83. The summed E-state index contributed by atoms with van der Waals surface area (Å²) in [6, 6.07) is 3.67. The van der Waals surface area contributed by atoms with Gasteiger partial charge in [0.2, 0.25) is 0 Å². The van der Waals surface area contributed by atoms with Gasteiger partial charge in [0.25, 0.3) is 0 Å². The van der Waals surface area contributed by atoms with Gasteiger partial charge in [0.1, 0.15) is 24.0 Å². The second kappa shape index (κ2) is 5.44. The summed E-state index contributed by atoms with van der Waals surface area (Å²) in [4.78, 5) is 13.0. The average molecular weight is 256 g/mol. The molecule has 0 radical (unpaired) electrons. The Morgan fingerprint density at radius 1 is 1.22 bits per heavy atom. The van der Waals surface area contributed by atoms with Gasteiger partial charge in [-0.25, -0.2) is 0 Å². The van der Waals surface area contributed by atoms with Crippen molar-refractivity contribution < 1.29 is 4.79 Å². The zero-order valence-corrected chi connectivity index (χ0v) is 11.3. The van der Waals surface area contributed by atoms with E-state index in [2.05, 4.69) is 6.58 Å². The topological polar surface area (TPSA) is 64.7 Å². The van der Waals surface area contributed by atoms with E-state index >= 15 is 0 Å². The maximum atomic E-state index is 10.9. The van der Waals surface area contributed by atoms with Crippen molar-refractivity contribution in [1.82, 2.24) is 0 Å². The molecule has 0 atom stereocenters. The molecule has 18 heavy (non-hydrogen) atoms. The number of nitriles is 2. The molecule has 0 saturated carbocycles. The molecule has 0 aromatic carbocycles. The molecule has 3 nitrogen and oxygen atoms in total. The van der Waals surface area contributed by atoms with Crippen LogP contribution in [0, 0.1) is 43.4 Å². The third-order valence-corrected chi connectivity index (χ3v) is 3.87. The third kappa shape index (κ3) is 2.25. The molecule has 1 aromatic heterocycles. The van der Waals surface area contributed by atoms with E-state index in [0.717, 1.165) is 20.9 Å². The van der Waals surface area contributed by atoms with Crippen molar-refractivity contribution in [2.75, 3.05) is 0 Å². The van der Waals surface area contributed by atoms with E-state index in [1.54, 1.807) is 11.3 Å². The number of hydrogen-bond acceptors (Lipinski definition) is 4. The average Bonchev–Trinajstić information content (AvgIpc) is 2.60. The van der Waals surface area contributed by atoms with Crippen molar-refractivity contribution in [3.63, 3.8) is 0 Å². The Labute approximate surface area is 110 Å². The zero-order chi connectivity index (χ0) is 13.9. The van der Waals surface area contributed by atoms with Crippen molar-refractivity contribution in [3.05, 3.63) is 38.6 Å². The molecule has 4 heteroatoms. The van der Waals surface area contributed by atoms with E-state index in [1.807, 2.05) is 32.9 Å². The lowest BCUT2D eigenvalue weighted by molar-refractivity contribution is -0.104. The molecule has 0 amide bonds. The summed E-state index contributed by atoms with van der Waals surface area (Å²) in [5, 5.41) is 18.0. The highest BCUT2D eigenvalue weighted by Crippen LogP contribution is 2.36. The Balaban J connectivity index is 3.73. The first-order valence-corrected chi connectivity index (χ1v) is 6.05. The van der Waals surface area contributed by atoms with Crippen LogP contribution in [0.1, 0.15) is 20.9 Å². The highest BCUT2D eigenvalue weighted by molar-refractivity contribution is 7.12. The van der Waals surface area contributed by atoms with Gasteiger partial charge in [0.05, 0.1) is 0 Å². The molecule has 0 bridgehead atoms. The molecule has 0 spiro atoms. The summed E-state index contributed by atoms with van der Waals surface area (Å²) < 4.78 is 0. The highest BCUT2D eigenvalue weighted by Gasteiger charge is 2.19. The molecular weight excluding hydrogens is 244 g/mol. The predicted molar refractivity (Wildman–Crippen MR) is 71.9 cm³/mol. The van der Waals surface area contributed by atoms with Crippen molar-refractivity contribution >= 4 is 23.2 Å². The van der Waals surface area contributed by atoms with Crippen LogP contribution in [-0.2, 0) is 4.79 Å². The first kappa shape index (κ1) is 13.9. The van der Waals surface area contributed by atoms with E-state index < -0.39 is 0 Å². The molecule has 0 N–H and O–H groups in total. The fourth-order valence-electron chi connectivity index (χ4n) is 1.80. The van der Waals surface area contributed by atoms with Crippen LogP contribution in [0.2, 0.25) is 0 Å². The number of aryl methyl sites for hydroxylation is 2. The number of aldehydes is 1. The number of carbonyl (C=O) groups excluding carboxylic acids is 1. The van der Waals surface area contributed by atoms with Crippen LogP contribution in [-0.4, -0.2) is 6.29 Å². The van der Waals surface area contributed by atoms with E-state index in [0.29, 0.717) is 11.9 Å². The molecule has 0 unspecified atom stereocenters. The molecule has 90 valence electrons. The molecule has 1 aromatic rings. The second-order valence-corrected chi connectivity index (χ2v) is 5.26. The normalized spacial score (nSPS) is 9.17. The molecule has 1 heterocycles. The van der Waals surface area contributed by atoms with Crippen LogP contribution in [0.15, 0.2) is 17.7 Å². The number of hydrogen-bond donors (Lipinski definition) is 0. The van der Waals surface area contributed by atoms with Gasteiger partial charge < -0.3 is 0 Å². The minimum Gasteiger partial charge on any atom is -0.298 e. The fourth-order valence-corrected chi connectivity index (χ4v) is 2.87. The van der Waals surface area contributed by atoms with E-state index in [4.69, 9.17) is 10.5 Å². The van der Waals surface area contributed by atoms with Crippen molar-refractivity contribution in [2.24, 2.45) is 0 Å². The van der Waals surface area contributed by atoms with Crippen LogP contribution in [0.25, 0.3) is 5.57 Å². The van der Waals surface area contributed by atoms with Crippen molar-refractivity contribution in [1.29, 1.82) is 10.5 Å². The third-order valence-electron chi connectivity index (χ3n) is 2.75. The van der Waals surface area contributed by atoms with Crippen molar-refractivity contribution in [3.8, 4) is 12.1 Å². The summed E-state index contributed by atoms with van der Waals surface area (Å²) in [7, 11) is 0. The zero-order valence-electron chi connectivity index (χ0n) is 10.5. The summed E-state index contributed by atoms with van der Waals surface area (Å²) in [5.41, 5.74) is 2.22. The summed E-state index contributed by atoms with van der Waals surface area (Å²) in [6.45, 7) is 9.43. The van der Waals surface area contributed by atoms with E-state index in [1.165, 1.54) is 0 Å². The fraction of sp³-hybridized carbons (Fsp3) is 0.214. The standard InChI is InChI=1S/C14H12N2OS/c1-8(7-17)13(12(5-15)6-16)14-9(2)10(3)18-11(14)4/h7H,1H2,2-4H3. The minimum atomic E-state index is -0.0731. The molecule has 1 rings (SSSR count). The van der Waals surface area contributed by atoms with Crippen LogP contribution < -0.4 is 0 Å². The van der Waals surface area contributed by atoms with Gasteiger partial charge in [0.15, 0.2) is 0 Å². The molecule has 0 aliphatic rings. The van der Waals surface area contributed by atoms with Gasteiger partial charge in [-0.05, 0) is 26.3 Å². The Morgan fingerprint density at radius 3 is 2.11 bits per heavy atom. The molecular formula is C14H12N2OS. The Bertz CT molecular complexity index is 620. The first-order valence-electron chi connectivity index (χ1n) is 5.23. The number of thiophene rings is 1. The number of nitrogens with zero attached hydrogens (tertiary/aromatic N) is 2. The van der Waals surface area contributed by atoms with Gasteiger partial charge in [-0.1, -0.05) is 6.58 Å². The van der Waals surface area contributed by atoms with Crippen LogP contribution in [0.3, 0.4) is 0 Å². The van der Waals surface area contributed by atoms with Gasteiger partial charge in [-0.2, -0.15) is 10.5 Å². The van der Waals surface area contributed by atoms with Gasteiger partial charge in [-0.3, -0.25) is 4.79 Å². The quantitative estimate of drug-likeness (QED) is 0.361. The van der Waals surface area contributed by atoms with E-state index in [-0.39, 0.29) is 11.1 Å². The maximum absolute atomic E-state index is 10.9. The van der Waals surface area contributed by atoms with Crippen LogP contribution >= 0.6 is 11.3 Å². The van der Waals surface area contributed by atoms with Crippen LogP contribution in [0.4, 0.5) is 0 Å². The number of allylic oxidation sites excluding steroid dienone is 3. The molecule has 0 fully saturated rings. The Hall–Kier alpha value is -2.17. The predicted octanol–water partition coefficient (Wildman–Crippen LogP) is 3.23. The number of rotatable bonds is 3. The van der Waals surface area contributed by atoms with Gasteiger partial charge >= 0.3 is 0 Å². The molecule has 0 aliphatic carbocycles. The SMILES string of the molecule is C=C(C=O)C(=C(C#N)C#N)c1c(C)sc(C)c1C. The monoisotopic (exact) mass is 256 g/mol. The Morgan fingerprint density at radius 2 is 1.78 bits per heavy atom. The van der Waals surface area contributed by atoms with Gasteiger partial charge in [-0.15, -0.1) is 11.3 Å². The maximum Gasteiger partial charge on any atom is 0.150 e. The summed E-state index contributed by atoms with van der Waals surface area (Å²) >= 11 is 1.58. The molecule has 0 saturated heterocycles. The molecule has 0 aliphatic heterocycles. The summed E-state index contributed by atoms with van der Waals surface area (Å²) in [5.74, 6) is 0. The number of carbonyl (C=O) groups is 1. The van der Waals surface area contributed by atoms with Crippen molar-refractivity contribution in [2.45, 2.75) is 20.8 Å². The smallest absolute Gasteiger partial charge is 0.150 e. The largest absolute Gasteiger partial charge is 0.298 e. The Kier molecular flexibility index (Phi) is 4.20. The highest BCUT2D eigenvalue weighted by atomic mass is 32.1. The lowest BCUT2D eigenvalue weighted by Gasteiger charge is -2.08. The van der Waals surface area contributed by atoms with E-state index in [9.17, 15) is 4.79 Å². The van der Waals surface area contributed by atoms with Gasteiger partial charge in [0, 0.05) is 26.5 Å². The first-order chi connectivity index (χ1) is 8.47.